The van der Waals surface area contributed by atoms with Crippen molar-refractivity contribution in [2.24, 2.45) is 0 Å². The highest BCUT2D eigenvalue weighted by molar-refractivity contribution is 5.77. The lowest BCUT2D eigenvalue weighted by Crippen LogP contribution is -2.22. The van der Waals surface area contributed by atoms with E-state index in [0.29, 0.717) is 6.61 Å². The molecule has 1 aromatic heterocycles. The van der Waals surface area contributed by atoms with E-state index < -0.39 is 0 Å². The molecule has 3 aromatic rings. The number of para-hydroxylation sites is 2. The third-order valence-corrected chi connectivity index (χ3v) is 4.40. The summed E-state index contributed by atoms with van der Waals surface area (Å²) in [7, 11) is 0. The van der Waals surface area contributed by atoms with E-state index in [-0.39, 0.29) is 6.10 Å². The molecule has 1 atom stereocenters. The summed E-state index contributed by atoms with van der Waals surface area (Å²) < 4.78 is 11.8. The number of imidazole rings is 1. The first kappa shape index (κ1) is 14.1. The Morgan fingerprint density at radius 3 is 2.61 bits per heavy atom. The molecule has 1 aliphatic rings. The molecule has 1 N–H and O–H groups in total. The molecule has 0 fully saturated rings. The van der Waals surface area contributed by atoms with Crippen LogP contribution in [0.3, 0.4) is 0 Å². The number of H-pyrrole nitrogens is 1. The fraction of sp³-hybridized carbons (Fsp3) is 0.316. The first-order chi connectivity index (χ1) is 11.3. The van der Waals surface area contributed by atoms with Gasteiger partial charge in [-0.15, -0.1) is 0 Å². The van der Waals surface area contributed by atoms with Gasteiger partial charge in [-0.25, -0.2) is 4.98 Å². The third-order valence-electron chi connectivity index (χ3n) is 4.40. The highest BCUT2D eigenvalue weighted by Crippen LogP contribution is 2.35. The number of rotatable bonds is 3. The van der Waals surface area contributed by atoms with Gasteiger partial charge in [-0.2, -0.15) is 0 Å². The predicted molar refractivity (Wildman–Crippen MR) is 90.2 cm³/mol. The lowest BCUT2D eigenvalue weighted by Gasteiger charge is -2.24. The Bertz CT molecular complexity index is 813. The molecule has 2 heterocycles. The van der Waals surface area contributed by atoms with Gasteiger partial charge in [0.2, 0.25) is 0 Å². The minimum Gasteiger partial charge on any atom is -0.485 e. The Balaban J connectivity index is 1.70. The molecule has 23 heavy (non-hydrogen) atoms. The standard InChI is InChI=1S/C19H20N2O2/c1-3-12-9-14-15(10-13(12)4-2)21-19(20-14)18-11-22-16-7-5-6-8-17(16)23-18/h5-10,18H,3-4,11H2,1-2H3,(H,20,21). The lowest BCUT2D eigenvalue weighted by molar-refractivity contribution is 0.0859. The maximum atomic E-state index is 6.04. The monoisotopic (exact) mass is 308 g/mol. The second-order valence-corrected chi connectivity index (χ2v) is 5.83. The van der Waals surface area contributed by atoms with E-state index in [2.05, 4.69) is 31.0 Å². The Morgan fingerprint density at radius 1 is 1.09 bits per heavy atom. The lowest BCUT2D eigenvalue weighted by atomic mass is 10.0. The van der Waals surface area contributed by atoms with E-state index in [1.54, 1.807) is 0 Å². The SMILES string of the molecule is CCc1cc2nc(C3COc4ccccc4O3)[nH]c2cc1CC. The van der Waals surface area contributed by atoms with Gasteiger partial charge in [0.1, 0.15) is 6.61 Å². The summed E-state index contributed by atoms with van der Waals surface area (Å²) >= 11 is 0. The molecule has 0 amide bonds. The van der Waals surface area contributed by atoms with E-state index in [4.69, 9.17) is 14.5 Å². The Hall–Kier alpha value is -2.49. The van der Waals surface area contributed by atoms with Crippen LogP contribution in [0.4, 0.5) is 0 Å². The van der Waals surface area contributed by atoms with Crippen molar-refractivity contribution >= 4 is 11.0 Å². The normalized spacial score (nSPS) is 16.7. The minimum absolute atomic E-state index is 0.201. The van der Waals surface area contributed by atoms with Crippen LogP contribution in [-0.4, -0.2) is 16.6 Å². The second kappa shape index (κ2) is 5.61. The van der Waals surface area contributed by atoms with Gasteiger partial charge in [0.05, 0.1) is 11.0 Å². The van der Waals surface area contributed by atoms with Crippen molar-refractivity contribution in [3.05, 3.63) is 53.3 Å². The topological polar surface area (TPSA) is 47.1 Å². The summed E-state index contributed by atoms with van der Waals surface area (Å²) in [5, 5.41) is 0. The zero-order valence-corrected chi connectivity index (χ0v) is 13.4. The molecule has 0 aliphatic carbocycles. The van der Waals surface area contributed by atoms with Crippen molar-refractivity contribution < 1.29 is 9.47 Å². The molecule has 4 nitrogen and oxygen atoms in total. The summed E-state index contributed by atoms with van der Waals surface area (Å²) in [6.45, 7) is 4.84. The third kappa shape index (κ3) is 2.44. The first-order valence-corrected chi connectivity index (χ1v) is 8.18. The van der Waals surface area contributed by atoms with E-state index in [1.807, 2.05) is 24.3 Å². The Kier molecular flexibility index (Phi) is 3.45. The van der Waals surface area contributed by atoms with Crippen molar-refractivity contribution in [1.29, 1.82) is 0 Å². The van der Waals surface area contributed by atoms with Crippen LogP contribution in [-0.2, 0) is 12.8 Å². The van der Waals surface area contributed by atoms with Crippen molar-refractivity contribution in [3.8, 4) is 11.5 Å². The van der Waals surface area contributed by atoms with Gasteiger partial charge >= 0.3 is 0 Å². The van der Waals surface area contributed by atoms with E-state index in [9.17, 15) is 0 Å². The molecule has 118 valence electrons. The van der Waals surface area contributed by atoms with Crippen molar-refractivity contribution in [3.63, 3.8) is 0 Å². The van der Waals surface area contributed by atoms with Crippen molar-refractivity contribution in [1.82, 2.24) is 9.97 Å². The fourth-order valence-electron chi connectivity index (χ4n) is 3.13. The molecule has 0 spiro atoms. The fourth-order valence-corrected chi connectivity index (χ4v) is 3.13. The average molecular weight is 308 g/mol. The molecule has 0 saturated carbocycles. The van der Waals surface area contributed by atoms with Gasteiger partial charge in [0, 0.05) is 0 Å². The van der Waals surface area contributed by atoms with Crippen LogP contribution in [0.25, 0.3) is 11.0 Å². The molecule has 2 aromatic carbocycles. The van der Waals surface area contributed by atoms with Crippen LogP contribution in [0.2, 0.25) is 0 Å². The Labute approximate surface area is 135 Å². The van der Waals surface area contributed by atoms with Crippen LogP contribution < -0.4 is 9.47 Å². The highest BCUT2D eigenvalue weighted by atomic mass is 16.6. The predicted octanol–water partition coefficient (Wildman–Crippen LogP) is 4.20. The van der Waals surface area contributed by atoms with E-state index in [0.717, 1.165) is 41.2 Å². The van der Waals surface area contributed by atoms with Crippen LogP contribution >= 0.6 is 0 Å². The number of nitrogens with one attached hydrogen (secondary N) is 1. The molecule has 0 bridgehead atoms. The van der Waals surface area contributed by atoms with Gasteiger partial charge in [0.25, 0.3) is 0 Å². The summed E-state index contributed by atoms with van der Waals surface area (Å²) in [5.41, 5.74) is 4.80. The number of fused-ring (bicyclic) bond motifs is 2. The number of hydrogen-bond donors (Lipinski definition) is 1. The number of nitrogens with zero attached hydrogens (tertiary/aromatic N) is 1. The molecule has 1 unspecified atom stereocenters. The van der Waals surface area contributed by atoms with E-state index in [1.165, 1.54) is 11.1 Å². The van der Waals surface area contributed by atoms with Gasteiger partial charge in [-0.3, -0.25) is 0 Å². The molecular weight excluding hydrogens is 288 g/mol. The van der Waals surface area contributed by atoms with Gasteiger partial charge < -0.3 is 14.5 Å². The number of aromatic amines is 1. The molecule has 0 saturated heterocycles. The summed E-state index contributed by atoms with van der Waals surface area (Å²) in [6, 6.07) is 12.1. The maximum Gasteiger partial charge on any atom is 0.190 e. The average Bonchev–Trinajstić information content (AvgIpc) is 3.02. The quantitative estimate of drug-likeness (QED) is 0.789. The largest absolute Gasteiger partial charge is 0.485 e. The van der Waals surface area contributed by atoms with Crippen LogP contribution in [0, 0.1) is 0 Å². The molecule has 1 aliphatic heterocycles. The van der Waals surface area contributed by atoms with Gasteiger partial charge in [-0.1, -0.05) is 26.0 Å². The summed E-state index contributed by atoms with van der Waals surface area (Å²) in [6.07, 6.45) is 1.86. The zero-order valence-electron chi connectivity index (χ0n) is 13.4. The first-order valence-electron chi connectivity index (χ1n) is 8.18. The highest BCUT2D eigenvalue weighted by Gasteiger charge is 2.25. The van der Waals surface area contributed by atoms with Crippen molar-refractivity contribution in [2.45, 2.75) is 32.8 Å². The smallest absolute Gasteiger partial charge is 0.190 e. The van der Waals surface area contributed by atoms with Gasteiger partial charge in [-0.05, 0) is 48.2 Å². The Morgan fingerprint density at radius 2 is 1.83 bits per heavy atom. The number of aromatic nitrogens is 2. The zero-order chi connectivity index (χ0) is 15.8. The van der Waals surface area contributed by atoms with Gasteiger partial charge in [0.15, 0.2) is 23.4 Å². The van der Waals surface area contributed by atoms with Crippen LogP contribution in [0.5, 0.6) is 11.5 Å². The number of aryl methyl sites for hydroxylation is 2. The maximum absolute atomic E-state index is 6.04. The van der Waals surface area contributed by atoms with Crippen molar-refractivity contribution in [2.75, 3.05) is 6.61 Å². The molecule has 4 rings (SSSR count). The summed E-state index contributed by atoms with van der Waals surface area (Å²) in [5.74, 6) is 2.39. The summed E-state index contributed by atoms with van der Waals surface area (Å²) in [4.78, 5) is 8.14. The van der Waals surface area contributed by atoms with E-state index >= 15 is 0 Å². The number of ether oxygens (including phenoxy) is 2. The molecular formula is C19H20N2O2. The molecule has 4 heteroatoms. The number of benzene rings is 2. The number of hydrogen-bond acceptors (Lipinski definition) is 3. The van der Waals surface area contributed by atoms with Crippen LogP contribution in [0.1, 0.15) is 36.9 Å². The van der Waals surface area contributed by atoms with Crippen LogP contribution in [0.15, 0.2) is 36.4 Å². The molecule has 0 radical (unpaired) electrons. The minimum atomic E-state index is -0.201. The second-order valence-electron chi connectivity index (χ2n) is 5.83.